The van der Waals surface area contributed by atoms with Crippen LogP contribution >= 0.6 is 0 Å². The van der Waals surface area contributed by atoms with Crippen molar-refractivity contribution in [1.82, 2.24) is 4.57 Å². The number of carboxylic acids is 1. The molecule has 1 aromatic heterocycles. The first-order chi connectivity index (χ1) is 8.60. The molecular formula is C15H19NO2. The second-order valence-corrected chi connectivity index (χ2v) is 4.64. The molecule has 0 fully saturated rings. The third-order valence-electron chi connectivity index (χ3n) is 3.44. The maximum Gasteiger partial charge on any atom is 0.352 e. The van der Waals surface area contributed by atoms with E-state index in [9.17, 15) is 9.90 Å². The number of aromatic carboxylic acids is 1. The van der Waals surface area contributed by atoms with E-state index in [1.165, 1.54) is 5.56 Å². The Morgan fingerprint density at radius 3 is 2.61 bits per heavy atom. The number of nitrogens with zero attached hydrogens (tertiary/aromatic N) is 1. The van der Waals surface area contributed by atoms with Crippen molar-refractivity contribution in [3.8, 4) is 0 Å². The van der Waals surface area contributed by atoms with Crippen molar-refractivity contribution in [3.05, 3.63) is 35.0 Å². The predicted molar refractivity (Wildman–Crippen MR) is 73.3 cm³/mol. The second-order valence-electron chi connectivity index (χ2n) is 4.64. The Bertz CT molecular complexity index is 596. The van der Waals surface area contributed by atoms with Gasteiger partial charge < -0.3 is 9.67 Å². The maximum absolute atomic E-state index is 11.4. The van der Waals surface area contributed by atoms with Crippen LogP contribution in [0.25, 0.3) is 10.9 Å². The molecule has 18 heavy (non-hydrogen) atoms. The van der Waals surface area contributed by atoms with Gasteiger partial charge in [-0.2, -0.15) is 0 Å². The highest BCUT2D eigenvalue weighted by Gasteiger charge is 2.19. The first kappa shape index (κ1) is 12.7. The lowest BCUT2D eigenvalue weighted by molar-refractivity contribution is 0.0684. The molecule has 3 heteroatoms. The van der Waals surface area contributed by atoms with Crippen molar-refractivity contribution in [3.63, 3.8) is 0 Å². The van der Waals surface area contributed by atoms with Crippen LogP contribution < -0.4 is 0 Å². The molecule has 0 spiro atoms. The van der Waals surface area contributed by atoms with Crippen LogP contribution in [0.15, 0.2) is 18.2 Å². The summed E-state index contributed by atoms with van der Waals surface area (Å²) in [7, 11) is 0. The van der Waals surface area contributed by atoms with Crippen LogP contribution in [0, 0.1) is 6.92 Å². The van der Waals surface area contributed by atoms with Gasteiger partial charge in [0.1, 0.15) is 5.69 Å². The van der Waals surface area contributed by atoms with Crippen LogP contribution in [0.4, 0.5) is 0 Å². The monoisotopic (exact) mass is 245 g/mol. The summed E-state index contributed by atoms with van der Waals surface area (Å²) in [5, 5.41) is 10.4. The highest BCUT2D eigenvalue weighted by molar-refractivity contribution is 5.98. The molecule has 0 aliphatic carbocycles. The maximum atomic E-state index is 11.4. The van der Waals surface area contributed by atoms with Crippen molar-refractivity contribution in [2.45, 2.75) is 40.2 Å². The van der Waals surface area contributed by atoms with Crippen LogP contribution in [-0.4, -0.2) is 15.6 Å². The molecule has 1 aromatic carbocycles. The fourth-order valence-corrected chi connectivity index (χ4v) is 2.52. The van der Waals surface area contributed by atoms with Crippen molar-refractivity contribution >= 4 is 16.9 Å². The summed E-state index contributed by atoms with van der Waals surface area (Å²) in [6.07, 6.45) is 1.90. The van der Waals surface area contributed by atoms with Gasteiger partial charge in [-0.3, -0.25) is 0 Å². The third-order valence-corrected chi connectivity index (χ3v) is 3.44. The SMILES string of the molecule is CCCn1c(C(=O)O)c(C)c2cc(CC)ccc21. The largest absolute Gasteiger partial charge is 0.477 e. The molecule has 0 bridgehead atoms. The van der Waals surface area contributed by atoms with Gasteiger partial charge in [0, 0.05) is 17.4 Å². The van der Waals surface area contributed by atoms with Gasteiger partial charge in [-0.1, -0.05) is 19.9 Å². The minimum absolute atomic E-state index is 0.431. The summed E-state index contributed by atoms with van der Waals surface area (Å²) in [6.45, 7) is 6.82. The third kappa shape index (κ3) is 1.90. The van der Waals surface area contributed by atoms with Gasteiger partial charge in [-0.15, -0.1) is 0 Å². The van der Waals surface area contributed by atoms with E-state index in [-0.39, 0.29) is 0 Å². The number of benzene rings is 1. The van der Waals surface area contributed by atoms with E-state index in [0.29, 0.717) is 5.69 Å². The molecule has 0 aliphatic heterocycles. The van der Waals surface area contributed by atoms with Crippen molar-refractivity contribution in [2.24, 2.45) is 0 Å². The Morgan fingerprint density at radius 2 is 2.06 bits per heavy atom. The number of fused-ring (bicyclic) bond motifs is 1. The summed E-state index contributed by atoms with van der Waals surface area (Å²) in [6, 6.07) is 6.24. The number of aryl methyl sites for hydroxylation is 3. The van der Waals surface area contributed by atoms with Crippen molar-refractivity contribution < 1.29 is 9.90 Å². The number of hydrogen-bond acceptors (Lipinski definition) is 1. The number of aromatic nitrogens is 1. The smallest absolute Gasteiger partial charge is 0.352 e. The standard InChI is InChI=1S/C15H19NO2/c1-4-8-16-13-7-6-11(5-2)9-12(13)10(3)14(16)15(17)18/h6-7,9H,4-5,8H2,1-3H3,(H,17,18). The fourth-order valence-electron chi connectivity index (χ4n) is 2.52. The Labute approximate surface area is 107 Å². The molecule has 1 N–H and O–H groups in total. The summed E-state index contributed by atoms with van der Waals surface area (Å²) in [5.41, 5.74) is 3.58. The number of carbonyl (C=O) groups is 1. The van der Waals surface area contributed by atoms with E-state index in [2.05, 4.69) is 26.0 Å². The van der Waals surface area contributed by atoms with Gasteiger partial charge in [0.25, 0.3) is 0 Å². The molecule has 96 valence electrons. The second kappa shape index (κ2) is 4.84. The molecule has 2 aromatic rings. The summed E-state index contributed by atoms with van der Waals surface area (Å²) < 4.78 is 1.92. The van der Waals surface area contributed by atoms with Gasteiger partial charge >= 0.3 is 5.97 Å². The lowest BCUT2D eigenvalue weighted by Crippen LogP contribution is -2.09. The Kier molecular flexibility index (Phi) is 3.41. The molecule has 0 unspecified atom stereocenters. The molecule has 1 heterocycles. The quantitative estimate of drug-likeness (QED) is 0.893. The van der Waals surface area contributed by atoms with Gasteiger partial charge in [-0.25, -0.2) is 4.79 Å². The normalized spacial score (nSPS) is 11.1. The lowest BCUT2D eigenvalue weighted by atomic mass is 10.1. The van der Waals surface area contributed by atoms with Crippen LogP contribution in [0.3, 0.4) is 0 Å². The topological polar surface area (TPSA) is 42.2 Å². The summed E-state index contributed by atoms with van der Waals surface area (Å²) in [5.74, 6) is -0.838. The lowest BCUT2D eigenvalue weighted by Gasteiger charge is -2.06. The molecule has 0 atom stereocenters. The fraction of sp³-hybridized carbons (Fsp3) is 0.400. The Hall–Kier alpha value is -1.77. The number of carboxylic acid groups (broad SMARTS) is 1. The predicted octanol–water partition coefficient (Wildman–Crippen LogP) is 3.62. The minimum atomic E-state index is -0.838. The van der Waals surface area contributed by atoms with Crippen LogP contribution in [0.1, 0.15) is 41.9 Å². The molecule has 0 radical (unpaired) electrons. The summed E-state index contributed by atoms with van der Waals surface area (Å²) in [4.78, 5) is 11.4. The van der Waals surface area contributed by atoms with Crippen molar-refractivity contribution in [1.29, 1.82) is 0 Å². The van der Waals surface area contributed by atoms with E-state index in [1.807, 2.05) is 17.6 Å². The number of hydrogen-bond donors (Lipinski definition) is 1. The van der Waals surface area contributed by atoms with Crippen LogP contribution in [0.5, 0.6) is 0 Å². The average Bonchev–Trinajstić information content (AvgIpc) is 2.63. The van der Waals surface area contributed by atoms with E-state index in [1.54, 1.807) is 0 Å². The van der Waals surface area contributed by atoms with E-state index in [0.717, 1.165) is 35.9 Å². The Morgan fingerprint density at radius 1 is 1.33 bits per heavy atom. The first-order valence-electron chi connectivity index (χ1n) is 6.45. The zero-order chi connectivity index (χ0) is 13.3. The average molecular weight is 245 g/mol. The van der Waals surface area contributed by atoms with Gasteiger partial charge in [0.05, 0.1) is 0 Å². The minimum Gasteiger partial charge on any atom is -0.477 e. The zero-order valence-electron chi connectivity index (χ0n) is 11.2. The van der Waals surface area contributed by atoms with Crippen LogP contribution in [-0.2, 0) is 13.0 Å². The highest BCUT2D eigenvalue weighted by Crippen LogP contribution is 2.27. The van der Waals surface area contributed by atoms with Gasteiger partial charge in [0.15, 0.2) is 0 Å². The van der Waals surface area contributed by atoms with Gasteiger partial charge in [0.2, 0.25) is 0 Å². The first-order valence-corrected chi connectivity index (χ1v) is 6.45. The van der Waals surface area contributed by atoms with E-state index >= 15 is 0 Å². The summed E-state index contributed by atoms with van der Waals surface area (Å²) >= 11 is 0. The van der Waals surface area contributed by atoms with E-state index < -0.39 is 5.97 Å². The molecular weight excluding hydrogens is 226 g/mol. The zero-order valence-corrected chi connectivity index (χ0v) is 11.2. The molecule has 0 aliphatic rings. The molecule has 2 rings (SSSR count). The Balaban J connectivity index is 2.77. The molecule has 0 amide bonds. The van der Waals surface area contributed by atoms with E-state index in [4.69, 9.17) is 0 Å². The number of rotatable bonds is 4. The highest BCUT2D eigenvalue weighted by atomic mass is 16.4. The molecule has 3 nitrogen and oxygen atoms in total. The van der Waals surface area contributed by atoms with Gasteiger partial charge in [-0.05, 0) is 43.0 Å². The van der Waals surface area contributed by atoms with Crippen molar-refractivity contribution in [2.75, 3.05) is 0 Å². The molecule has 0 saturated heterocycles. The molecule has 0 saturated carbocycles. The van der Waals surface area contributed by atoms with Crippen LogP contribution in [0.2, 0.25) is 0 Å².